The van der Waals surface area contributed by atoms with Gasteiger partial charge in [-0.25, -0.2) is 0 Å². The smallest absolute Gasteiger partial charge is 0.325 e. The van der Waals surface area contributed by atoms with Gasteiger partial charge in [0.2, 0.25) is 0 Å². The first-order valence-corrected chi connectivity index (χ1v) is 6.42. The topological polar surface area (TPSA) is 70.0 Å². The average molecular weight is 247 g/mol. The lowest BCUT2D eigenvalue weighted by molar-refractivity contribution is -0.194. The number of nitrogens with zero attached hydrogens (tertiary/aromatic N) is 1. The van der Waals surface area contributed by atoms with Gasteiger partial charge < -0.3 is 15.1 Å². The summed E-state index contributed by atoms with van der Waals surface area (Å²) >= 11 is 0. The van der Waals surface area contributed by atoms with Gasteiger partial charge in [-0.1, -0.05) is 32.6 Å². The van der Waals surface area contributed by atoms with Crippen LogP contribution < -0.4 is 0 Å². The first-order valence-electron chi connectivity index (χ1n) is 6.42. The Morgan fingerprint density at radius 1 is 1.06 bits per heavy atom. The molecule has 102 valence electrons. The molecule has 2 N–H and O–H groups in total. The highest BCUT2D eigenvalue weighted by Gasteiger charge is 2.10. The lowest BCUT2D eigenvalue weighted by Gasteiger charge is -2.18. The van der Waals surface area contributed by atoms with Gasteiger partial charge in [-0.3, -0.25) is 4.79 Å². The highest BCUT2D eigenvalue weighted by molar-refractivity contribution is 5.68. The van der Waals surface area contributed by atoms with Gasteiger partial charge >= 0.3 is 5.97 Å². The van der Waals surface area contributed by atoms with E-state index in [-0.39, 0.29) is 32.3 Å². The number of carbonyl (C=O) groups is 1. The predicted octanol–water partition coefficient (Wildman–Crippen LogP) is 1.09. The van der Waals surface area contributed by atoms with Crippen LogP contribution in [0.4, 0.5) is 0 Å². The third-order valence-electron chi connectivity index (χ3n) is 2.41. The van der Waals surface area contributed by atoms with Gasteiger partial charge in [0.25, 0.3) is 0 Å². The summed E-state index contributed by atoms with van der Waals surface area (Å²) in [6.45, 7) is 2.44. The van der Waals surface area contributed by atoms with Crippen LogP contribution in [0.1, 0.15) is 45.4 Å². The summed E-state index contributed by atoms with van der Waals surface area (Å²) in [4.78, 5) is 16.4. The van der Waals surface area contributed by atoms with E-state index in [1.807, 2.05) is 0 Å². The fourth-order valence-electron chi connectivity index (χ4n) is 1.49. The highest BCUT2D eigenvalue weighted by Crippen LogP contribution is 2.06. The fourth-order valence-corrected chi connectivity index (χ4v) is 1.49. The van der Waals surface area contributed by atoms with Crippen molar-refractivity contribution in [2.75, 3.05) is 26.3 Å². The first kappa shape index (κ1) is 16.4. The zero-order valence-corrected chi connectivity index (χ0v) is 10.7. The summed E-state index contributed by atoms with van der Waals surface area (Å²) in [5, 5.41) is 18.8. The second-order valence-corrected chi connectivity index (χ2v) is 4.00. The molecular weight excluding hydrogens is 222 g/mol. The first-order chi connectivity index (χ1) is 8.24. The van der Waals surface area contributed by atoms with Crippen LogP contribution in [0.25, 0.3) is 0 Å². The van der Waals surface area contributed by atoms with Crippen LogP contribution >= 0.6 is 0 Å². The minimum absolute atomic E-state index is 0.0935. The Labute approximate surface area is 103 Å². The van der Waals surface area contributed by atoms with Crippen LogP contribution in [0.2, 0.25) is 0 Å². The van der Waals surface area contributed by atoms with E-state index in [1.54, 1.807) is 0 Å². The summed E-state index contributed by atoms with van der Waals surface area (Å²) in [7, 11) is 0. The third-order valence-corrected chi connectivity index (χ3v) is 2.41. The van der Waals surface area contributed by atoms with Crippen LogP contribution in [0.15, 0.2) is 0 Å². The number of hydrogen-bond donors (Lipinski definition) is 2. The second-order valence-electron chi connectivity index (χ2n) is 4.00. The van der Waals surface area contributed by atoms with Crippen molar-refractivity contribution in [1.29, 1.82) is 0 Å². The summed E-state index contributed by atoms with van der Waals surface area (Å²) in [6, 6.07) is 0. The summed E-state index contributed by atoms with van der Waals surface area (Å²) < 4.78 is 0. The lowest BCUT2D eigenvalue weighted by atomic mass is 10.1. The minimum atomic E-state index is -0.289. The molecule has 0 aliphatic rings. The minimum Gasteiger partial charge on any atom is -0.395 e. The van der Waals surface area contributed by atoms with Gasteiger partial charge in [-0.05, 0) is 6.42 Å². The summed E-state index contributed by atoms with van der Waals surface area (Å²) in [6.07, 6.45) is 5.83. The zero-order valence-electron chi connectivity index (χ0n) is 10.7. The molecule has 0 rings (SSSR count). The molecule has 0 atom stereocenters. The molecule has 0 aliphatic carbocycles. The van der Waals surface area contributed by atoms with Crippen molar-refractivity contribution in [3.05, 3.63) is 0 Å². The molecule has 0 aromatic rings. The van der Waals surface area contributed by atoms with Crippen LogP contribution in [-0.4, -0.2) is 47.5 Å². The monoisotopic (exact) mass is 247 g/mol. The predicted molar refractivity (Wildman–Crippen MR) is 65.2 cm³/mol. The van der Waals surface area contributed by atoms with Crippen LogP contribution in [-0.2, 0) is 9.63 Å². The third kappa shape index (κ3) is 10.2. The molecule has 0 bridgehead atoms. The molecule has 0 amide bonds. The molecule has 17 heavy (non-hydrogen) atoms. The van der Waals surface area contributed by atoms with E-state index in [0.29, 0.717) is 6.42 Å². The van der Waals surface area contributed by atoms with Gasteiger partial charge in [0.1, 0.15) is 0 Å². The largest absolute Gasteiger partial charge is 0.395 e. The quantitative estimate of drug-likeness (QED) is 0.422. The Bertz CT molecular complexity index is 181. The molecule has 0 saturated carbocycles. The highest BCUT2D eigenvalue weighted by atomic mass is 16.7. The number of unbranched alkanes of at least 4 members (excludes halogenated alkanes) is 4. The Morgan fingerprint density at radius 3 is 2.18 bits per heavy atom. The van der Waals surface area contributed by atoms with E-state index in [2.05, 4.69) is 6.92 Å². The molecule has 0 aromatic heterocycles. The van der Waals surface area contributed by atoms with Crippen LogP contribution in [0.3, 0.4) is 0 Å². The molecule has 0 radical (unpaired) electrons. The van der Waals surface area contributed by atoms with Gasteiger partial charge in [0, 0.05) is 6.42 Å². The molecule has 5 heteroatoms. The Hall–Kier alpha value is -0.650. The molecule has 0 saturated heterocycles. The Morgan fingerprint density at radius 2 is 1.65 bits per heavy atom. The van der Waals surface area contributed by atoms with Gasteiger partial charge in [-0.2, -0.15) is 0 Å². The molecule has 0 fully saturated rings. The maximum absolute atomic E-state index is 11.4. The zero-order chi connectivity index (χ0) is 12.9. The van der Waals surface area contributed by atoms with Crippen LogP contribution in [0, 0.1) is 0 Å². The number of hydroxylamine groups is 2. The number of rotatable bonds is 11. The summed E-state index contributed by atoms with van der Waals surface area (Å²) in [5.41, 5.74) is 0. The van der Waals surface area contributed by atoms with E-state index < -0.39 is 0 Å². The molecule has 0 spiro atoms. The van der Waals surface area contributed by atoms with Crippen molar-refractivity contribution in [1.82, 2.24) is 5.06 Å². The van der Waals surface area contributed by atoms with Gasteiger partial charge in [-0.15, -0.1) is 5.06 Å². The Balaban J connectivity index is 3.59. The molecular formula is C12H25NO4. The van der Waals surface area contributed by atoms with Crippen molar-refractivity contribution in [3.8, 4) is 0 Å². The standard InChI is InChI=1S/C12H25NO4/c1-2-3-4-5-6-7-12(16)17-13(8-10-14)9-11-15/h14-15H,2-11H2,1H3. The molecule has 0 aliphatic heterocycles. The normalized spacial score (nSPS) is 10.8. The van der Waals surface area contributed by atoms with E-state index in [9.17, 15) is 4.79 Å². The van der Waals surface area contributed by atoms with Crippen molar-refractivity contribution >= 4 is 5.97 Å². The van der Waals surface area contributed by atoms with Crippen molar-refractivity contribution in [2.45, 2.75) is 45.4 Å². The van der Waals surface area contributed by atoms with E-state index in [4.69, 9.17) is 15.1 Å². The van der Waals surface area contributed by atoms with E-state index in [1.165, 1.54) is 17.9 Å². The maximum atomic E-state index is 11.4. The van der Waals surface area contributed by atoms with Gasteiger partial charge in [0.05, 0.1) is 26.3 Å². The van der Waals surface area contributed by atoms with Crippen LogP contribution in [0.5, 0.6) is 0 Å². The SMILES string of the molecule is CCCCCCCC(=O)ON(CCO)CCO. The lowest BCUT2D eigenvalue weighted by Crippen LogP contribution is -2.32. The molecule has 0 unspecified atom stereocenters. The van der Waals surface area contributed by atoms with E-state index in [0.717, 1.165) is 19.3 Å². The number of hydrogen-bond acceptors (Lipinski definition) is 5. The second kappa shape index (κ2) is 11.8. The summed E-state index contributed by atoms with van der Waals surface area (Å²) in [5.74, 6) is -0.289. The number of aliphatic hydroxyl groups is 2. The number of carbonyl (C=O) groups excluding carboxylic acids is 1. The molecule has 0 heterocycles. The fraction of sp³-hybridized carbons (Fsp3) is 0.917. The van der Waals surface area contributed by atoms with Crippen molar-refractivity contribution < 1.29 is 19.8 Å². The Kier molecular flexibility index (Phi) is 11.4. The van der Waals surface area contributed by atoms with Crippen molar-refractivity contribution in [3.63, 3.8) is 0 Å². The number of aliphatic hydroxyl groups excluding tert-OH is 2. The van der Waals surface area contributed by atoms with Gasteiger partial charge in [0.15, 0.2) is 0 Å². The molecule has 5 nitrogen and oxygen atoms in total. The molecule has 0 aromatic carbocycles. The maximum Gasteiger partial charge on any atom is 0.325 e. The average Bonchev–Trinajstić information content (AvgIpc) is 2.29. The van der Waals surface area contributed by atoms with E-state index >= 15 is 0 Å². The van der Waals surface area contributed by atoms with Crippen molar-refractivity contribution in [2.24, 2.45) is 0 Å².